The molecule has 0 fully saturated rings. The third-order valence-corrected chi connectivity index (χ3v) is 4.03. The van der Waals surface area contributed by atoms with Gasteiger partial charge in [0, 0.05) is 4.90 Å². The third kappa shape index (κ3) is 2.92. The normalized spacial score (nSPS) is 14.8. The van der Waals surface area contributed by atoms with Crippen LogP contribution in [0.2, 0.25) is 0 Å². The van der Waals surface area contributed by atoms with Crippen LogP contribution in [0.5, 0.6) is 0 Å². The van der Waals surface area contributed by atoms with Crippen molar-refractivity contribution in [2.45, 2.75) is 36.8 Å². The Hall–Kier alpha value is -1.16. The summed E-state index contributed by atoms with van der Waals surface area (Å²) in [6, 6.07) is 7.27. The van der Waals surface area contributed by atoms with Crippen LogP contribution in [0.15, 0.2) is 29.2 Å². The molecular weight excluding hydrogens is 224 g/mol. The first-order chi connectivity index (χ1) is 7.43. The van der Waals surface area contributed by atoms with Gasteiger partial charge in [0.25, 0.3) is 0 Å². The Bertz CT molecular complexity index is 395. The summed E-state index contributed by atoms with van der Waals surface area (Å²) >= 11 is 0. The Balaban J connectivity index is 2.90. The lowest BCUT2D eigenvalue weighted by Gasteiger charge is -2.09. The van der Waals surface area contributed by atoms with Crippen LogP contribution in [0.25, 0.3) is 0 Å². The van der Waals surface area contributed by atoms with E-state index in [1.807, 2.05) is 12.1 Å². The molecule has 88 valence electrons. The highest BCUT2D eigenvalue weighted by atomic mass is 32.2. The van der Waals surface area contributed by atoms with E-state index in [1.165, 1.54) is 6.92 Å². The van der Waals surface area contributed by atoms with Crippen molar-refractivity contribution in [1.82, 2.24) is 0 Å². The second-order valence-corrected chi connectivity index (χ2v) is 5.77. The topological polar surface area (TPSA) is 54.4 Å². The van der Waals surface area contributed by atoms with E-state index in [4.69, 9.17) is 5.11 Å². The maximum absolute atomic E-state index is 11.8. The molecule has 0 spiro atoms. The van der Waals surface area contributed by atoms with Gasteiger partial charge in [0.05, 0.1) is 10.8 Å². The molecule has 1 N–H and O–H groups in total. The molecule has 0 radical (unpaired) electrons. The molecule has 0 saturated carbocycles. The predicted octanol–water partition coefficient (Wildman–Crippen LogP) is 2.39. The van der Waals surface area contributed by atoms with Crippen LogP contribution in [0.4, 0.5) is 0 Å². The summed E-state index contributed by atoms with van der Waals surface area (Å²) in [7, 11) is -1.48. The summed E-state index contributed by atoms with van der Waals surface area (Å²) in [6.45, 7) is 5.60. The van der Waals surface area contributed by atoms with Crippen LogP contribution >= 0.6 is 0 Å². The van der Waals surface area contributed by atoms with Crippen molar-refractivity contribution in [2.24, 2.45) is 0 Å². The minimum Gasteiger partial charge on any atom is -0.480 e. The van der Waals surface area contributed by atoms with Crippen molar-refractivity contribution in [3.63, 3.8) is 0 Å². The van der Waals surface area contributed by atoms with E-state index in [1.54, 1.807) is 12.1 Å². The van der Waals surface area contributed by atoms with E-state index >= 15 is 0 Å². The summed E-state index contributed by atoms with van der Waals surface area (Å²) < 4.78 is 11.8. The fourth-order valence-corrected chi connectivity index (χ4v) is 2.28. The molecule has 0 aliphatic rings. The number of hydrogen-bond acceptors (Lipinski definition) is 2. The van der Waals surface area contributed by atoms with Crippen molar-refractivity contribution < 1.29 is 14.1 Å². The maximum atomic E-state index is 11.8. The first-order valence-corrected chi connectivity index (χ1v) is 6.38. The highest BCUT2D eigenvalue weighted by Gasteiger charge is 2.20. The zero-order valence-electron chi connectivity index (χ0n) is 9.64. The molecule has 0 amide bonds. The zero-order valence-corrected chi connectivity index (χ0v) is 10.5. The minimum atomic E-state index is -1.48. The van der Waals surface area contributed by atoms with Gasteiger partial charge in [-0.1, -0.05) is 26.0 Å². The highest BCUT2D eigenvalue weighted by molar-refractivity contribution is 7.86. The molecule has 1 aromatic carbocycles. The fraction of sp³-hybridized carbons (Fsp3) is 0.417. The lowest BCUT2D eigenvalue weighted by Crippen LogP contribution is -2.21. The molecule has 0 aliphatic carbocycles. The highest BCUT2D eigenvalue weighted by Crippen LogP contribution is 2.18. The van der Waals surface area contributed by atoms with Gasteiger partial charge in [-0.25, -0.2) is 0 Å². The molecule has 0 aromatic heterocycles. The summed E-state index contributed by atoms with van der Waals surface area (Å²) in [5.41, 5.74) is 1.16. The molecule has 4 heteroatoms. The second-order valence-electron chi connectivity index (χ2n) is 4.00. The van der Waals surface area contributed by atoms with Crippen LogP contribution in [0, 0.1) is 0 Å². The van der Waals surface area contributed by atoms with E-state index in [2.05, 4.69) is 13.8 Å². The minimum absolute atomic E-state index is 0.416. The fourth-order valence-electron chi connectivity index (χ4n) is 1.28. The smallest absolute Gasteiger partial charge is 0.319 e. The van der Waals surface area contributed by atoms with Crippen molar-refractivity contribution in [2.75, 3.05) is 0 Å². The lowest BCUT2D eigenvalue weighted by molar-refractivity contribution is -0.136. The number of rotatable bonds is 4. The van der Waals surface area contributed by atoms with Gasteiger partial charge in [-0.3, -0.25) is 9.00 Å². The Kier molecular flexibility index (Phi) is 4.24. The molecule has 0 saturated heterocycles. The number of benzene rings is 1. The van der Waals surface area contributed by atoms with Gasteiger partial charge in [-0.15, -0.1) is 0 Å². The van der Waals surface area contributed by atoms with Gasteiger partial charge < -0.3 is 5.11 Å². The van der Waals surface area contributed by atoms with Crippen molar-refractivity contribution in [3.8, 4) is 0 Å². The van der Waals surface area contributed by atoms with Crippen LogP contribution in [0.3, 0.4) is 0 Å². The maximum Gasteiger partial charge on any atom is 0.319 e. The van der Waals surface area contributed by atoms with Crippen molar-refractivity contribution in [1.29, 1.82) is 0 Å². The number of carboxylic acid groups (broad SMARTS) is 1. The van der Waals surface area contributed by atoms with Gasteiger partial charge >= 0.3 is 5.97 Å². The van der Waals surface area contributed by atoms with E-state index in [0.29, 0.717) is 10.8 Å². The Labute approximate surface area is 98.0 Å². The number of aliphatic carboxylic acids is 1. The summed E-state index contributed by atoms with van der Waals surface area (Å²) in [5, 5.41) is 7.89. The van der Waals surface area contributed by atoms with Crippen molar-refractivity contribution in [3.05, 3.63) is 29.8 Å². The Morgan fingerprint density at radius 1 is 1.19 bits per heavy atom. The zero-order chi connectivity index (χ0) is 12.3. The van der Waals surface area contributed by atoms with Gasteiger partial charge in [0.15, 0.2) is 0 Å². The first kappa shape index (κ1) is 12.9. The van der Waals surface area contributed by atoms with E-state index in [-0.39, 0.29) is 0 Å². The predicted molar refractivity (Wildman–Crippen MR) is 64.0 cm³/mol. The summed E-state index contributed by atoms with van der Waals surface area (Å²) in [5.74, 6) is -0.620. The molecule has 2 unspecified atom stereocenters. The van der Waals surface area contributed by atoms with Gasteiger partial charge in [-0.05, 0) is 30.5 Å². The molecule has 1 rings (SSSR count). The van der Waals surface area contributed by atoms with Crippen LogP contribution < -0.4 is 0 Å². The number of hydrogen-bond donors (Lipinski definition) is 1. The van der Waals surface area contributed by atoms with Gasteiger partial charge in [0.1, 0.15) is 5.25 Å². The van der Waals surface area contributed by atoms with Crippen molar-refractivity contribution >= 4 is 16.8 Å². The molecule has 0 bridgehead atoms. The standard InChI is InChI=1S/C12H16O3S/c1-8(2)10-4-6-11(7-5-10)16(15)9(3)12(13)14/h4-9H,1-3H3,(H,13,14). The summed E-state index contributed by atoms with van der Waals surface area (Å²) in [6.07, 6.45) is 0. The SMILES string of the molecule is CC(C)c1ccc(S(=O)C(C)C(=O)O)cc1. The molecule has 0 aliphatic heterocycles. The van der Waals surface area contributed by atoms with Gasteiger partial charge in [-0.2, -0.15) is 0 Å². The Morgan fingerprint density at radius 3 is 2.06 bits per heavy atom. The molecule has 16 heavy (non-hydrogen) atoms. The molecule has 2 atom stereocenters. The van der Waals surface area contributed by atoms with E-state index in [9.17, 15) is 9.00 Å². The molecule has 3 nitrogen and oxygen atoms in total. The summed E-state index contributed by atoms with van der Waals surface area (Å²) in [4.78, 5) is 11.3. The molecule has 1 aromatic rings. The quantitative estimate of drug-likeness (QED) is 0.879. The average Bonchev–Trinajstić information content (AvgIpc) is 2.27. The van der Waals surface area contributed by atoms with Crippen LogP contribution in [0.1, 0.15) is 32.3 Å². The van der Waals surface area contributed by atoms with Crippen LogP contribution in [-0.2, 0) is 15.6 Å². The largest absolute Gasteiger partial charge is 0.480 e. The average molecular weight is 240 g/mol. The van der Waals surface area contributed by atoms with Gasteiger partial charge in [0.2, 0.25) is 0 Å². The second kappa shape index (κ2) is 5.25. The lowest BCUT2D eigenvalue weighted by atomic mass is 10.0. The monoisotopic (exact) mass is 240 g/mol. The van der Waals surface area contributed by atoms with E-state index in [0.717, 1.165) is 5.56 Å². The number of carboxylic acids is 1. The number of carbonyl (C=O) groups is 1. The molecular formula is C12H16O3S. The third-order valence-electron chi connectivity index (χ3n) is 2.45. The first-order valence-electron chi connectivity index (χ1n) is 5.16. The van der Waals surface area contributed by atoms with E-state index < -0.39 is 22.0 Å². The van der Waals surface area contributed by atoms with Crippen LogP contribution in [-0.4, -0.2) is 20.5 Å². The molecule has 0 heterocycles. The Morgan fingerprint density at radius 2 is 1.69 bits per heavy atom.